The minimum atomic E-state index is -0.0861. The summed E-state index contributed by atoms with van der Waals surface area (Å²) < 4.78 is 5.69. The van der Waals surface area contributed by atoms with Gasteiger partial charge in [0.15, 0.2) is 5.78 Å². The molecule has 1 aromatic carbocycles. The van der Waals surface area contributed by atoms with Gasteiger partial charge in [0, 0.05) is 12.0 Å². The highest BCUT2D eigenvalue weighted by Crippen LogP contribution is 2.32. The van der Waals surface area contributed by atoms with Crippen molar-refractivity contribution in [3.8, 4) is 5.75 Å². The van der Waals surface area contributed by atoms with Gasteiger partial charge in [-0.2, -0.15) is 0 Å². The monoisotopic (exact) mass is 243 g/mol. The summed E-state index contributed by atoms with van der Waals surface area (Å²) in [6.45, 7) is 0.706. The average Bonchev–Trinajstić information content (AvgIpc) is 2.84. The fourth-order valence-electron chi connectivity index (χ4n) is 2.70. The first-order chi connectivity index (χ1) is 8.75. The molecule has 3 nitrogen and oxygen atoms in total. The smallest absolute Gasteiger partial charge is 0.173 e. The summed E-state index contributed by atoms with van der Waals surface area (Å²) in [6, 6.07) is 5.87. The molecule has 94 valence electrons. The molecule has 2 aliphatic rings. The number of ether oxygens (including phenoxy) is 1. The fourth-order valence-corrected chi connectivity index (χ4v) is 2.70. The molecule has 2 N–H and O–H groups in total. The number of carbonyl (C=O) groups is 1. The van der Waals surface area contributed by atoms with Gasteiger partial charge in [-0.25, -0.2) is 0 Å². The number of para-hydroxylation sites is 1. The van der Waals surface area contributed by atoms with Gasteiger partial charge < -0.3 is 10.5 Å². The van der Waals surface area contributed by atoms with E-state index in [1.54, 1.807) is 0 Å². The average molecular weight is 243 g/mol. The van der Waals surface area contributed by atoms with E-state index in [9.17, 15) is 4.79 Å². The molecule has 18 heavy (non-hydrogen) atoms. The highest BCUT2D eigenvalue weighted by atomic mass is 16.5. The minimum absolute atomic E-state index is 0.0133. The van der Waals surface area contributed by atoms with Gasteiger partial charge in [-0.05, 0) is 30.9 Å². The van der Waals surface area contributed by atoms with E-state index in [0.29, 0.717) is 13.0 Å². The van der Waals surface area contributed by atoms with Crippen LogP contribution in [0.2, 0.25) is 0 Å². The molecule has 0 saturated heterocycles. The van der Waals surface area contributed by atoms with Crippen LogP contribution in [0.4, 0.5) is 0 Å². The van der Waals surface area contributed by atoms with Crippen molar-refractivity contribution in [1.82, 2.24) is 0 Å². The van der Waals surface area contributed by atoms with Crippen LogP contribution in [0.25, 0.3) is 0 Å². The summed E-state index contributed by atoms with van der Waals surface area (Å²) in [4.78, 5) is 12.5. The Morgan fingerprint density at radius 3 is 3.00 bits per heavy atom. The lowest BCUT2D eigenvalue weighted by atomic mass is 9.93. The normalized spacial score (nSPS) is 25.6. The Morgan fingerprint density at radius 1 is 1.33 bits per heavy atom. The third kappa shape index (κ3) is 1.95. The Hall–Kier alpha value is -1.61. The fraction of sp³-hybridized carbons (Fsp3) is 0.400. The van der Waals surface area contributed by atoms with E-state index >= 15 is 0 Å². The SMILES string of the molecule is NC1C=CC(C(=O)c2cccc3c2OCCC3)C1. The van der Waals surface area contributed by atoms with Crippen LogP contribution >= 0.6 is 0 Å². The number of fused-ring (bicyclic) bond motifs is 1. The summed E-state index contributed by atoms with van der Waals surface area (Å²) >= 11 is 0. The van der Waals surface area contributed by atoms with Crippen molar-refractivity contribution >= 4 is 5.78 Å². The quantitative estimate of drug-likeness (QED) is 0.639. The van der Waals surface area contributed by atoms with Gasteiger partial charge in [-0.15, -0.1) is 0 Å². The molecule has 1 aromatic rings. The molecular weight excluding hydrogens is 226 g/mol. The van der Waals surface area contributed by atoms with Gasteiger partial charge in [0.2, 0.25) is 0 Å². The first-order valence-corrected chi connectivity index (χ1v) is 6.48. The molecular formula is C15H17NO2. The zero-order valence-electron chi connectivity index (χ0n) is 10.3. The maximum Gasteiger partial charge on any atom is 0.173 e. The van der Waals surface area contributed by atoms with E-state index in [2.05, 4.69) is 0 Å². The van der Waals surface area contributed by atoms with Crippen LogP contribution < -0.4 is 10.5 Å². The van der Waals surface area contributed by atoms with Crippen LogP contribution in [0.1, 0.15) is 28.8 Å². The zero-order valence-corrected chi connectivity index (χ0v) is 10.3. The largest absolute Gasteiger partial charge is 0.493 e. The molecule has 2 unspecified atom stereocenters. The minimum Gasteiger partial charge on any atom is -0.493 e. The number of benzene rings is 1. The van der Waals surface area contributed by atoms with Gasteiger partial charge >= 0.3 is 0 Å². The van der Waals surface area contributed by atoms with E-state index in [4.69, 9.17) is 10.5 Å². The van der Waals surface area contributed by atoms with E-state index < -0.39 is 0 Å². The molecule has 2 atom stereocenters. The second-order valence-corrected chi connectivity index (χ2v) is 5.00. The first kappa shape index (κ1) is 11.5. The predicted molar refractivity (Wildman–Crippen MR) is 69.8 cm³/mol. The lowest BCUT2D eigenvalue weighted by Crippen LogP contribution is -2.20. The van der Waals surface area contributed by atoms with Gasteiger partial charge in [0.05, 0.1) is 12.2 Å². The third-order valence-electron chi connectivity index (χ3n) is 3.65. The summed E-state index contributed by atoms with van der Waals surface area (Å²) in [5.41, 5.74) is 7.68. The molecule has 0 bridgehead atoms. The molecule has 0 saturated carbocycles. The predicted octanol–water partition coefficient (Wildman–Crippen LogP) is 2.10. The molecule has 1 heterocycles. The van der Waals surface area contributed by atoms with E-state index in [1.807, 2.05) is 30.4 Å². The summed E-state index contributed by atoms with van der Waals surface area (Å²) in [6.07, 6.45) is 6.58. The van der Waals surface area contributed by atoms with E-state index in [0.717, 1.165) is 29.7 Å². The Labute approximate surface area is 107 Å². The van der Waals surface area contributed by atoms with Crippen molar-refractivity contribution in [3.63, 3.8) is 0 Å². The number of rotatable bonds is 2. The third-order valence-corrected chi connectivity index (χ3v) is 3.65. The summed E-state index contributed by atoms with van der Waals surface area (Å²) in [5, 5.41) is 0. The summed E-state index contributed by atoms with van der Waals surface area (Å²) in [7, 11) is 0. The van der Waals surface area contributed by atoms with Crippen LogP contribution in [-0.2, 0) is 6.42 Å². The van der Waals surface area contributed by atoms with Crippen LogP contribution in [0.5, 0.6) is 5.75 Å². The Morgan fingerprint density at radius 2 is 2.22 bits per heavy atom. The number of Topliss-reactive ketones (excluding diaryl/α,β-unsaturated/α-hetero) is 1. The van der Waals surface area contributed by atoms with Crippen molar-refractivity contribution in [2.24, 2.45) is 11.7 Å². The lowest BCUT2D eigenvalue weighted by molar-refractivity contribution is 0.0938. The molecule has 1 aliphatic carbocycles. The topological polar surface area (TPSA) is 52.3 Å². The number of nitrogens with two attached hydrogens (primary N) is 1. The van der Waals surface area contributed by atoms with Crippen LogP contribution in [-0.4, -0.2) is 18.4 Å². The number of allylic oxidation sites excluding steroid dienone is 1. The standard InChI is InChI=1S/C15H17NO2/c16-12-7-6-11(9-12)14(17)13-5-1-3-10-4-2-8-18-15(10)13/h1,3,5-7,11-12H,2,4,8-9,16H2. The molecule has 0 fully saturated rings. The lowest BCUT2D eigenvalue weighted by Gasteiger charge is -2.20. The first-order valence-electron chi connectivity index (χ1n) is 6.48. The van der Waals surface area contributed by atoms with Crippen LogP contribution in [0.3, 0.4) is 0 Å². The highest BCUT2D eigenvalue weighted by Gasteiger charge is 2.27. The Balaban J connectivity index is 1.92. The molecule has 3 rings (SSSR count). The number of ketones is 1. The maximum atomic E-state index is 12.5. The number of hydrogen-bond acceptors (Lipinski definition) is 3. The van der Waals surface area contributed by atoms with Crippen LogP contribution in [0, 0.1) is 5.92 Å². The molecule has 1 aliphatic heterocycles. The highest BCUT2D eigenvalue weighted by molar-refractivity contribution is 6.02. The second-order valence-electron chi connectivity index (χ2n) is 5.00. The number of aryl methyl sites for hydroxylation is 1. The van der Waals surface area contributed by atoms with Gasteiger partial charge in [0.1, 0.15) is 5.75 Å². The van der Waals surface area contributed by atoms with Gasteiger partial charge in [0.25, 0.3) is 0 Å². The van der Waals surface area contributed by atoms with E-state index in [-0.39, 0.29) is 17.7 Å². The Bertz CT molecular complexity index is 507. The summed E-state index contributed by atoms with van der Waals surface area (Å²) in [5.74, 6) is 0.845. The molecule has 0 aromatic heterocycles. The van der Waals surface area contributed by atoms with Crippen molar-refractivity contribution in [2.75, 3.05) is 6.61 Å². The Kier molecular flexibility index (Phi) is 2.92. The second kappa shape index (κ2) is 4.58. The van der Waals surface area contributed by atoms with Crippen molar-refractivity contribution in [2.45, 2.75) is 25.3 Å². The molecule has 3 heteroatoms. The van der Waals surface area contributed by atoms with Gasteiger partial charge in [-0.3, -0.25) is 4.79 Å². The molecule has 0 radical (unpaired) electrons. The van der Waals surface area contributed by atoms with Gasteiger partial charge in [-0.1, -0.05) is 24.3 Å². The molecule has 0 amide bonds. The van der Waals surface area contributed by atoms with Crippen molar-refractivity contribution < 1.29 is 9.53 Å². The molecule has 0 spiro atoms. The number of hydrogen-bond donors (Lipinski definition) is 1. The van der Waals surface area contributed by atoms with Crippen molar-refractivity contribution in [3.05, 3.63) is 41.5 Å². The van der Waals surface area contributed by atoms with Crippen molar-refractivity contribution in [1.29, 1.82) is 0 Å². The zero-order chi connectivity index (χ0) is 12.5. The van der Waals surface area contributed by atoms with Crippen LogP contribution in [0.15, 0.2) is 30.4 Å². The van der Waals surface area contributed by atoms with E-state index in [1.165, 1.54) is 0 Å². The number of carbonyl (C=O) groups excluding carboxylic acids is 1. The maximum absolute atomic E-state index is 12.5.